The largest absolute Gasteiger partial charge is 0.479 e. The predicted octanol–water partition coefficient (Wildman–Crippen LogP) is 1.10. The Kier molecular flexibility index (Phi) is 6.37. The second-order valence-electron chi connectivity index (χ2n) is 7.06. The molecule has 0 aromatic heterocycles. The summed E-state index contributed by atoms with van der Waals surface area (Å²) in [5, 5.41) is 41.9. The molecule has 5 N–H and O–H groups in total. The van der Waals surface area contributed by atoms with Crippen LogP contribution in [0, 0.1) is 13.8 Å². The van der Waals surface area contributed by atoms with Gasteiger partial charge in [0.2, 0.25) is 6.29 Å². The van der Waals surface area contributed by atoms with Gasteiger partial charge in [0, 0.05) is 5.69 Å². The second kappa shape index (κ2) is 8.80. The van der Waals surface area contributed by atoms with Crippen molar-refractivity contribution in [3.8, 4) is 0 Å². The molecule has 0 spiro atoms. The third kappa shape index (κ3) is 4.29. The molecule has 0 unspecified atom stereocenters. The Labute approximate surface area is 172 Å². The Morgan fingerprint density at radius 2 is 1.60 bits per heavy atom. The van der Waals surface area contributed by atoms with E-state index < -0.39 is 42.6 Å². The van der Waals surface area contributed by atoms with Gasteiger partial charge >= 0.3 is 11.9 Å². The molecule has 1 fully saturated rings. The number of aliphatic hydroxyl groups excluding tert-OH is 3. The number of carbonyl (C=O) groups is 2. The number of hydrogen-bond acceptors (Lipinski definition) is 8. The zero-order chi connectivity index (χ0) is 22.0. The van der Waals surface area contributed by atoms with Crippen molar-refractivity contribution in [3.05, 3.63) is 59.2 Å². The van der Waals surface area contributed by atoms with E-state index in [-0.39, 0.29) is 5.56 Å². The molecule has 5 atom stereocenters. The third-order valence-corrected chi connectivity index (χ3v) is 5.06. The number of nitrogens with one attached hydrogen (secondary N) is 1. The first-order chi connectivity index (χ1) is 14.2. The maximum atomic E-state index is 12.7. The van der Waals surface area contributed by atoms with Crippen LogP contribution < -0.4 is 5.32 Å². The lowest BCUT2D eigenvalue weighted by atomic mass is 9.99. The van der Waals surface area contributed by atoms with Gasteiger partial charge in [0.1, 0.15) is 18.3 Å². The number of aryl methyl sites for hydroxylation is 1. The average molecular weight is 417 g/mol. The van der Waals surface area contributed by atoms with E-state index in [1.54, 1.807) is 18.2 Å². The van der Waals surface area contributed by atoms with Gasteiger partial charge in [-0.1, -0.05) is 24.3 Å². The average Bonchev–Trinajstić information content (AvgIpc) is 2.71. The monoisotopic (exact) mass is 417 g/mol. The van der Waals surface area contributed by atoms with Crippen LogP contribution in [0.4, 0.5) is 11.4 Å². The van der Waals surface area contributed by atoms with Crippen LogP contribution in [0.15, 0.2) is 42.5 Å². The molecule has 0 aliphatic carbocycles. The fourth-order valence-electron chi connectivity index (χ4n) is 3.12. The molecule has 2 aromatic rings. The van der Waals surface area contributed by atoms with Crippen molar-refractivity contribution in [2.75, 3.05) is 5.32 Å². The van der Waals surface area contributed by atoms with Crippen molar-refractivity contribution in [2.24, 2.45) is 0 Å². The Morgan fingerprint density at radius 3 is 2.30 bits per heavy atom. The highest BCUT2D eigenvalue weighted by atomic mass is 16.7. The van der Waals surface area contributed by atoms with Gasteiger partial charge in [0.05, 0.1) is 11.3 Å². The Hall–Kier alpha value is -2.98. The summed E-state index contributed by atoms with van der Waals surface area (Å²) in [7, 11) is 0. The number of ether oxygens (including phenoxy) is 2. The lowest BCUT2D eigenvalue weighted by Gasteiger charge is -2.38. The van der Waals surface area contributed by atoms with Crippen LogP contribution in [-0.2, 0) is 14.3 Å². The summed E-state index contributed by atoms with van der Waals surface area (Å²) in [4.78, 5) is 23.9. The molecule has 1 aliphatic heterocycles. The number of carbonyl (C=O) groups excluding carboxylic acids is 1. The fourth-order valence-corrected chi connectivity index (χ4v) is 3.12. The van der Waals surface area contributed by atoms with Gasteiger partial charge in [-0.2, -0.15) is 0 Å². The van der Waals surface area contributed by atoms with Gasteiger partial charge in [-0.05, 0) is 43.2 Å². The first-order valence-electron chi connectivity index (χ1n) is 9.26. The van der Waals surface area contributed by atoms with Gasteiger partial charge in [0.15, 0.2) is 6.10 Å². The van der Waals surface area contributed by atoms with Crippen LogP contribution in [0.5, 0.6) is 0 Å². The number of aliphatic hydroxyl groups is 3. The summed E-state index contributed by atoms with van der Waals surface area (Å²) < 4.78 is 10.1. The highest BCUT2D eigenvalue weighted by molar-refractivity contribution is 5.96. The number of para-hydroxylation sites is 1. The van der Waals surface area contributed by atoms with Crippen molar-refractivity contribution >= 4 is 23.3 Å². The molecular weight excluding hydrogens is 394 g/mol. The summed E-state index contributed by atoms with van der Waals surface area (Å²) in [6.45, 7) is 3.89. The Bertz CT molecular complexity index is 946. The highest BCUT2D eigenvalue weighted by Gasteiger charge is 2.48. The molecule has 1 heterocycles. The smallest absolute Gasteiger partial charge is 0.342 e. The molecule has 0 bridgehead atoms. The van der Waals surface area contributed by atoms with E-state index >= 15 is 0 Å². The first-order valence-corrected chi connectivity index (χ1v) is 9.26. The number of anilines is 2. The number of benzene rings is 2. The first kappa shape index (κ1) is 21.7. The normalized spacial score (nSPS) is 26.1. The van der Waals surface area contributed by atoms with E-state index in [2.05, 4.69) is 5.32 Å². The van der Waals surface area contributed by atoms with Crippen LogP contribution in [-0.4, -0.2) is 63.1 Å². The van der Waals surface area contributed by atoms with Crippen molar-refractivity contribution in [2.45, 2.75) is 44.6 Å². The Balaban J connectivity index is 1.82. The predicted molar refractivity (Wildman–Crippen MR) is 105 cm³/mol. The quantitative estimate of drug-likeness (QED) is 0.451. The molecule has 0 saturated carbocycles. The van der Waals surface area contributed by atoms with E-state index in [1.807, 2.05) is 32.0 Å². The summed E-state index contributed by atoms with van der Waals surface area (Å²) in [5.74, 6) is -2.47. The SMILES string of the molecule is Cc1cccc(Nc2ccccc2C(=O)O[C@@H]2O[C@H](C(=O)O)[C@@H](O)[C@H](O)[C@H]2O)c1C. The fraction of sp³-hybridized carbons (Fsp3) is 0.333. The van der Waals surface area contributed by atoms with Crippen molar-refractivity contribution < 1.29 is 39.5 Å². The molecule has 9 nitrogen and oxygen atoms in total. The zero-order valence-electron chi connectivity index (χ0n) is 16.4. The van der Waals surface area contributed by atoms with E-state index in [1.165, 1.54) is 6.07 Å². The van der Waals surface area contributed by atoms with Crippen LogP contribution in [0.2, 0.25) is 0 Å². The molecule has 9 heteroatoms. The van der Waals surface area contributed by atoms with Gasteiger partial charge < -0.3 is 35.2 Å². The van der Waals surface area contributed by atoms with Crippen LogP contribution in [0.25, 0.3) is 0 Å². The number of carboxylic acid groups (broad SMARTS) is 1. The lowest BCUT2D eigenvalue weighted by molar-refractivity contribution is -0.278. The number of hydrogen-bond donors (Lipinski definition) is 5. The number of aliphatic carboxylic acids is 1. The van der Waals surface area contributed by atoms with Crippen LogP contribution >= 0.6 is 0 Å². The topological polar surface area (TPSA) is 146 Å². The summed E-state index contributed by atoms with van der Waals surface area (Å²) in [6.07, 6.45) is -9.18. The molecular formula is C21H23NO8. The standard InChI is InChI=1S/C21H23NO8/c1-10-6-5-9-13(11(10)2)22-14-8-4-3-7-12(14)20(28)30-21-17(25)15(23)16(24)18(29-21)19(26)27/h3-9,15-18,21-25H,1-2H3,(H,26,27)/t15-,16-,17+,18-,21-/m0/s1. The minimum atomic E-state index is -1.87. The van der Waals surface area contributed by atoms with Gasteiger partial charge in [-0.3, -0.25) is 0 Å². The molecule has 3 rings (SSSR count). The van der Waals surface area contributed by atoms with Crippen LogP contribution in [0.3, 0.4) is 0 Å². The minimum Gasteiger partial charge on any atom is -0.479 e. The van der Waals surface area contributed by atoms with E-state index in [0.29, 0.717) is 5.69 Å². The summed E-state index contributed by atoms with van der Waals surface area (Å²) in [5.41, 5.74) is 3.38. The molecule has 30 heavy (non-hydrogen) atoms. The third-order valence-electron chi connectivity index (χ3n) is 5.06. The van der Waals surface area contributed by atoms with Crippen LogP contribution in [0.1, 0.15) is 21.5 Å². The van der Waals surface area contributed by atoms with E-state index in [4.69, 9.17) is 14.6 Å². The summed E-state index contributed by atoms with van der Waals surface area (Å²) >= 11 is 0. The zero-order valence-corrected chi connectivity index (χ0v) is 16.4. The summed E-state index contributed by atoms with van der Waals surface area (Å²) in [6, 6.07) is 12.2. The van der Waals surface area contributed by atoms with Crippen molar-refractivity contribution in [1.29, 1.82) is 0 Å². The second-order valence-corrected chi connectivity index (χ2v) is 7.06. The van der Waals surface area contributed by atoms with Crippen molar-refractivity contribution in [3.63, 3.8) is 0 Å². The van der Waals surface area contributed by atoms with Crippen molar-refractivity contribution in [1.82, 2.24) is 0 Å². The van der Waals surface area contributed by atoms with E-state index in [9.17, 15) is 24.9 Å². The van der Waals surface area contributed by atoms with Gasteiger partial charge in [-0.15, -0.1) is 0 Å². The maximum Gasteiger partial charge on any atom is 0.342 e. The number of esters is 1. The minimum absolute atomic E-state index is 0.113. The molecule has 1 aliphatic rings. The maximum absolute atomic E-state index is 12.7. The Morgan fingerprint density at radius 1 is 0.933 bits per heavy atom. The molecule has 1 saturated heterocycles. The molecule has 2 aromatic carbocycles. The van der Waals surface area contributed by atoms with Gasteiger partial charge in [0.25, 0.3) is 0 Å². The number of carboxylic acids is 1. The van der Waals surface area contributed by atoms with E-state index in [0.717, 1.165) is 16.8 Å². The van der Waals surface area contributed by atoms with Gasteiger partial charge in [-0.25, -0.2) is 9.59 Å². The molecule has 160 valence electrons. The lowest BCUT2D eigenvalue weighted by Crippen LogP contribution is -2.60. The molecule has 0 radical (unpaired) electrons. The number of rotatable bonds is 5. The highest BCUT2D eigenvalue weighted by Crippen LogP contribution is 2.28. The molecule has 0 amide bonds.